The lowest BCUT2D eigenvalue weighted by molar-refractivity contribution is -0.271. The zero-order chi connectivity index (χ0) is 33.6. The molecule has 1 aliphatic rings. The maximum absolute atomic E-state index is 13.4. The second-order valence-electron chi connectivity index (χ2n) is 11.2. The van der Waals surface area contributed by atoms with Gasteiger partial charge >= 0.3 is 19.9 Å². The lowest BCUT2D eigenvalue weighted by atomic mass is 10.3. The second kappa shape index (κ2) is 14.9. The largest absolute Gasteiger partial charge is 0.508 e. The van der Waals surface area contributed by atoms with Crippen LogP contribution in [0.4, 0.5) is 15.5 Å². The van der Waals surface area contributed by atoms with Crippen molar-refractivity contribution in [3.05, 3.63) is 30.6 Å². The molecule has 3 N–H and O–H groups in total. The zero-order valence-electron chi connectivity index (χ0n) is 26.3. The van der Waals surface area contributed by atoms with E-state index in [-0.39, 0.29) is 18.4 Å². The van der Waals surface area contributed by atoms with E-state index in [4.69, 9.17) is 39.0 Å². The number of benzene rings is 1. The number of carbonyl (C=O) groups is 2. The Labute approximate surface area is 269 Å². The molecule has 3 atom stereocenters. The van der Waals surface area contributed by atoms with Gasteiger partial charge in [0, 0.05) is 4.90 Å². The van der Waals surface area contributed by atoms with E-state index in [1.807, 2.05) is 31.2 Å². The van der Waals surface area contributed by atoms with E-state index < -0.39 is 56.6 Å². The molecular weight excluding hydrogens is 645 g/mol. The standard InChI is InChI=1S/C28H38N5O11PS/c1-16(2)41-26(34)39-12-20(13-40-27(35)42-17(3)4)45(36,37)44-43-28(11-18(28)5)14-33-15-30-22-23(33)31-25(29)32-24(22)46-21-9-7-19(38-6)8-10-21/h7-10,15-18,20H,11-14H2,1-6H3,(H,36,37)(H2,29,31,32). The van der Waals surface area contributed by atoms with Gasteiger partial charge in [-0.25, -0.2) is 24.4 Å². The normalized spacial score (nSPS) is 18.9. The number of ether oxygens (including phenoxy) is 5. The number of hydrogen-bond acceptors (Lipinski definition) is 15. The topological polar surface area (TPSA) is 206 Å². The van der Waals surface area contributed by atoms with Gasteiger partial charge in [-0.05, 0) is 64.3 Å². The molecule has 0 aliphatic heterocycles. The molecule has 1 fully saturated rings. The second-order valence-corrected chi connectivity index (χ2v) is 14.3. The molecule has 1 aliphatic carbocycles. The minimum atomic E-state index is -4.74. The van der Waals surface area contributed by atoms with E-state index in [1.165, 1.54) is 11.8 Å². The Kier molecular flexibility index (Phi) is 11.4. The quantitative estimate of drug-likeness (QED) is 0.0713. The van der Waals surface area contributed by atoms with Crippen LogP contribution in [-0.4, -0.2) is 80.5 Å². The van der Waals surface area contributed by atoms with Gasteiger partial charge < -0.3 is 38.9 Å². The van der Waals surface area contributed by atoms with Crippen LogP contribution < -0.4 is 10.5 Å². The van der Waals surface area contributed by atoms with Gasteiger partial charge in [0.15, 0.2) is 5.65 Å². The van der Waals surface area contributed by atoms with Crippen LogP contribution in [0.2, 0.25) is 0 Å². The molecule has 0 radical (unpaired) electrons. The first-order valence-electron chi connectivity index (χ1n) is 14.4. The van der Waals surface area contributed by atoms with Gasteiger partial charge in [-0.15, -0.1) is 4.67 Å². The van der Waals surface area contributed by atoms with Crippen LogP contribution in [0.1, 0.15) is 41.0 Å². The summed E-state index contributed by atoms with van der Waals surface area (Å²) in [6.07, 6.45) is -1.10. The number of rotatable bonds is 15. The number of imidazole rings is 1. The lowest BCUT2D eigenvalue weighted by Crippen LogP contribution is -2.30. The first-order valence-corrected chi connectivity index (χ1v) is 16.8. The van der Waals surface area contributed by atoms with Gasteiger partial charge in [0.2, 0.25) is 5.95 Å². The summed E-state index contributed by atoms with van der Waals surface area (Å²) in [5.41, 5.74) is 4.44. The number of fused-ring (bicyclic) bond motifs is 1. The summed E-state index contributed by atoms with van der Waals surface area (Å²) in [5, 5.41) is 0.538. The Bertz CT molecular complexity index is 1550. The van der Waals surface area contributed by atoms with Crippen molar-refractivity contribution < 1.29 is 52.3 Å². The van der Waals surface area contributed by atoms with E-state index >= 15 is 0 Å². The number of nitrogens with two attached hydrogens (primary N) is 1. The predicted molar refractivity (Wildman–Crippen MR) is 164 cm³/mol. The van der Waals surface area contributed by atoms with Crippen LogP contribution in [0.15, 0.2) is 40.5 Å². The van der Waals surface area contributed by atoms with Crippen molar-refractivity contribution in [1.82, 2.24) is 19.5 Å². The Hall–Kier alpha value is -3.63. The van der Waals surface area contributed by atoms with Crippen LogP contribution in [0.5, 0.6) is 5.75 Å². The first kappa shape index (κ1) is 35.2. The number of anilines is 1. The summed E-state index contributed by atoms with van der Waals surface area (Å²) >= 11 is 1.36. The van der Waals surface area contributed by atoms with Crippen molar-refractivity contribution in [2.75, 3.05) is 26.1 Å². The molecule has 2 aromatic heterocycles. The molecule has 18 heteroatoms. The Morgan fingerprint density at radius 2 is 1.67 bits per heavy atom. The molecule has 3 aromatic rings. The molecule has 0 amide bonds. The van der Waals surface area contributed by atoms with Gasteiger partial charge in [-0.2, -0.15) is 4.98 Å². The van der Waals surface area contributed by atoms with Crippen molar-refractivity contribution in [2.45, 2.75) is 81.0 Å². The number of hydrogen-bond donors (Lipinski definition) is 2. The first-order chi connectivity index (χ1) is 21.7. The SMILES string of the molecule is COc1ccc(Sc2nc(N)nc3c2ncn3CC2(OOP(=O)(O)C(COC(=O)OC(C)C)COC(=O)OC(C)C)CC2C)cc1. The molecule has 1 saturated carbocycles. The summed E-state index contributed by atoms with van der Waals surface area (Å²) in [7, 11) is -3.15. The average molecular weight is 684 g/mol. The van der Waals surface area contributed by atoms with Crippen LogP contribution in [0, 0.1) is 5.92 Å². The van der Waals surface area contributed by atoms with Crippen LogP contribution in [-0.2, 0) is 39.6 Å². The average Bonchev–Trinajstić information content (AvgIpc) is 3.43. The molecule has 4 rings (SSSR count). The number of nitrogen functional groups attached to an aromatic ring is 1. The molecule has 0 bridgehead atoms. The summed E-state index contributed by atoms with van der Waals surface area (Å²) < 4.78 is 45.2. The molecule has 252 valence electrons. The Balaban J connectivity index is 1.48. The third-order valence-corrected chi connectivity index (χ3v) is 9.27. The summed E-state index contributed by atoms with van der Waals surface area (Å²) in [5.74, 6) is 0.661. The van der Waals surface area contributed by atoms with E-state index in [0.29, 0.717) is 28.4 Å². The van der Waals surface area contributed by atoms with E-state index in [9.17, 15) is 19.0 Å². The highest BCUT2D eigenvalue weighted by Crippen LogP contribution is 2.55. The molecule has 46 heavy (non-hydrogen) atoms. The van der Waals surface area contributed by atoms with Gasteiger partial charge in [-0.1, -0.05) is 18.7 Å². The highest BCUT2D eigenvalue weighted by atomic mass is 32.2. The van der Waals surface area contributed by atoms with Gasteiger partial charge in [0.05, 0.1) is 32.2 Å². The fraction of sp³-hybridized carbons (Fsp3) is 0.536. The molecule has 2 heterocycles. The minimum Gasteiger partial charge on any atom is -0.497 e. The van der Waals surface area contributed by atoms with E-state index in [0.717, 1.165) is 4.90 Å². The van der Waals surface area contributed by atoms with Crippen molar-refractivity contribution in [2.24, 2.45) is 5.92 Å². The third-order valence-electron chi connectivity index (χ3n) is 6.77. The maximum atomic E-state index is 13.4. The molecule has 0 saturated heterocycles. The van der Waals surface area contributed by atoms with Crippen molar-refractivity contribution in [1.29, 1.82) is 0 Å². The minimum absolute atomic E-state index is 0.0370. The van der Waals surface area contributed by atoms with E-state index in [1.54, 1.807) is 45.7 Å². The summed E-state index contributed by atoms with van der Waals surface area (Å²) in [4.78, 5) is 54.5. The molecule has 16 nitrogen and oxygen atoms in total. The van der Waals surface area contributed by atoms with Crippen LogP contribution in [0.25, 0.3) is 11.2 Å². The van der Waals surface area contributed by atoms with Crippen molar-refractivity contribution in [3.63, 3.8) is 0 Å². The fourth-order valence-corrected chi connectivity index (χ4v) is 5.97. The van der Waals surface area contributed by atoms with Gasteiger partial charge in [0.25, 0.3) is 0 Å². The maximum Gasteiger partial charge on any atom is 0.508 e. The fourth-order valence-electron chi connectivity index (χ4n) is 4.19. The van der Waals surface area contributed by atoms with Crippen molar-refractivity contribution >= 4 is 48.8 Å². The number of methoxy groups -OCH3 is 1. The summed E-state index contributed by atoms with van der Waals surface area (Å²) in [6.45, 7) is 7.13. The number of carbonyl (C=O) groups excluding carboxylic acids is 2. The predicted octanol–water partition coefficient (Wildman–Crippen LogP) is 4.97. The number of aromatic nitrogens is 4. The smallest absolute Gasteiger partial charge is 0.497 e. The van der Waals surface area contributed by atoms with Gasteiger partial charge in [0.1, 0.15) is 40.8 Å². The molecule has 3 unspecified atom stereocenters. The van der Waals surface area contributed by atoms with Gasteiger partial charge in [-0.3, -0.25) is 4.57 Å². The zero-order valence-corrected chi connectivity index (χ0v) is 28.0. The highest BCUT2D eigenvalue weighted by Gasteiger charge is 2.56. The van der Waals surface area contributed by atoms with Crippen molar-refractivity contribution in [3.8, 4) is 5.75 Å². The van der Waals surface area contributed by atoms with Crippen LogP contribution in [0.3, 0.4) is 0 Å². The monoisotopic (exact) mass is 683 g/mol. The number of nitrogens with zero attached hydrogens (tertiary/aromatic N) is 4. The Morgan fingerprint density at radius 3 is 2.20 bits per heavy atom. The highest BCUT2D eigenvalue weighted by molar-refractivity contribution is 7.99. The van der Waals surface area contributed by atoms with Crippen LogP contribution >= 0.6 is 19.4 Å². The summed E-state index contributed by atoms with van der Waals surface area (Å²) in [6, 6.07) is 7.42. The lowest BCUT2D eigenvalue weighted by Gasteiger charge is -2.24. The molecule has 1 aromatic carbocycles. The van der Waals surface area contributed by atoms with E-state index in [2.05, 4.69) is 15.0 Å². The molecule has 0 spiro atoms. The Morgan fingerprint density at radius 1 is 1.09 bits per heavy atom. The molecular formula is C28H38N5O11PS. The third kappa shape index (κ3) is 9.22.